The summed E-state index contributed by atoms with van der Waals surface area (Å²) in [6.45, 7) is 15.6. The van der Waals surface area contributed by atoms with Crippen molar-refractivity contribution in [2.75, 3.05) is 51.9 Å². The van der Waals surface area contributed by atoms with Crippen LogP contribution in [0.2, 0.25) is 0 Å². The number of ether oxygens (including phenoxy) is 3. The Labute approximate surface area is 325 Å². The number of aryl methyl sites for hydroxylation is 1. The van der Waals surface area contributed by atoms with Gasteiger partial charge in [0.25, 0.3) is 5.91 Å². The largest absolute Gasteiger partial charge is 0.464 e. The summed E-state index contributed by atoms with van der Waals surface area (Å²) in [4.78, 5) is 48.8. The lowest BCUT2D eigenvalue weighted by atomic mass is 9.84. The molecule has 55 heavy (non-hydrogen) atoms. The second kappa shape index (κ2) is 17.4. The molecule has 0 saturated carbocycles. The second-order valence-electron chi connectivity index (χ2n) is 16.4. The summed E-state index contributed by atoms with van der Waals surface area (Å²) in [6.07, 6.45) is 4.14. The molecule has 0 radical (unpaired) electrons. The van der Waals surface area contributed by atoms with Gasteiger partial charge in [0.15, 0.2) is 0 Å². The molecule has 6 rings (SSSR count). The van der Waals surface area contributed by atoms with Crippen molar-refractivity contribution in [2.24, 2.45) is 11.3 Å². The minimum atomic E-state index is -0.870. The molecule has 0 aliphatic carbocycles. The third-order valence-electron chi connectivity index (χ3n) is 11.4. The van der Waals surface area contributed by atoms with Gasteiger partial charge in [-0.25, -0.2) is 5.43 Å². The van der Waals surface area contributed by atoms with Crippen molar-refractivity contribution in [2.45, 2.75) is 111 Å². The van der Waals surface area contributed by atoms with E-state index in [0.717, 1.165) is 53.1 Å². The third kappa shape index (κ3) is 8.85. The minimum Gasteiger partial charge on any atom is -0.464 e. The maximum absolute atomic E-state index is 14.3. The number of cyclic esters (lactones) is 1. The van der Waals surface area contributed by atoms with Crippen molar-refractivity contribution in [3.05, 3.63) is 47.8 Å². The van der Waals surface area contributed by atoms with Crippen LogP contribution in [-0.2, 0) is 41.6 Å². The summed E-state index contributed by atoms with van der Waals surface area (Å²) in [5.74, 6) is -0.921. The molecular weight excluding hydrogens is 699 g/mol. The number of pyridine rings is 1. The Hall–Kier alpha value is -4.04. The van der Waals surface area contributed by atoms with Crippen LogP contribution in [0.15, 0.2) is 36.5 Å². The number of fused-ring (bicyclic) bond motifs is 6. The van der Waals surface area contributed by atoms with Crippen LogP contribution in [0.5, 0.6) is 0 Å². The Kier molecular flexibility index (Phi) is 12.9. The van der Waals surface area contributed by atoms with Crippen molar-refractivity contribution >= 4 is 34.4 Å². The number of carbonyl (C=O) groups is 3. The molecule has 6 bridgehead atoms. The number of rotatable bonds is 8. The average molecular weight is 760 g/mol. The summed E-state index contributed by atoms with van der Waals surface area (Å²) in [7, 11) is 3.46. The Morgan fingerprint density at radius 2 is 1.95 bits per heavy atom. The minimum absolute atomic E-state index is 0.0106. The monoisotopic (exact) mass is 759 g/mol. The molecule has 2 amide bonds. The quantitative estimate of drug-likeness (QED) is 0.276. The number of benzene rings is 1. The molecule has 3 aliphatic heterocycles. The van der Waals surface area contributed by atoms with E-state index in [1.165, 1.54) is 10.6 Å². The third-order valence-corrected chi connectivity index (χ3v) is 11.4. The van der Waals surface area contributed by atoms with Crippen LogP contribution in [0, 0.1) is 11.3 Å². The molecule has 3 N–H and O–H groups in total. The number of amides is 2. The zero-order valence-corrected chi connectivity index (χ0v) is 33.9. The van der Waals surface area contributed by atoms with E-state index in [1.807, 2.05) is 33.0 Å². The molecule has 2 aromatic heterocycles. The Morgan fingerprint density at radius 1 is 1.15 bits per heavy atom. The number of aromatic nitrogens is 2. The number of hydrogen-bond donors (Lipinski definition) is 3. The van der Waals surface area contributed by atoms with E-state index in [2.05, 4.69) is 70.6 Å². The Morgan fingerprint density at radius 3 is 2.67 bits per heavy atom. The van der Waals surface area contributed by atoms with Crippen molar-refractivity contribution in [1.82, 2.24) is 30.6 Å². The zero-order chi connectivity index (χ0) is 39.4. The van der Waals surface area contributed by atoms with Gasteiger partial charge in [0.1, 0.15) is 12.1 Å². The summed E-state index contributed by atoms with van der Waals surface area (Å²) in [6, 6.07) is 8.74. The standard InChI is InChI=1S/C42H61N7O6/c1-9-48-35-16-15-28-21-31(35)32(38(48)30-13-10-17-44-37(30)27(4)53-8)23-42(5,6)25-55-41(52)33-14-11-19-49(46-33)40(51)34(45-39(50)36(43-7)26(2)3)22-29-24-47(28)18-12-20-54-29/h10,13,15-17,21,26-27,29,33-34,36,43,46H,9,11-12,14,18-20,22-25H2,1-8H3,(H,45,50)/t27-,29-,33-,34-,36?/m0/s1. The van der Waals surface area contributed by atoms with Gasteiger partial charge in [-0.1, -0.05) is 27.7 Å². The number of hydrazine groups is 1. The smallest absolute Gasteiger partial charge is 0.324 e. The number of methoxy groups -OCH3 is 1. The molecule has 13 nitrogen and oxygen atoms in total. The fourth-order valence-corrected chi connectivity index (χ4v) is 8.46. The van der Waals surface area contributed by atoms with E-state index in [4.69, 9.17) is 19.2 Å². The Balaban J connectivity index is 1.47. The predicted octanol–water partition coefficient (Wildman–Crippen LogP) is 4.77. The summed E-state index contributed by atoms with van der Waals surface area (Å²) in [5.41, 5.74) is 9.06. The normalized spacial score (nSPS) is 23.5. The average Bonchev–Trinajstić information content (AvgIpc) is 3.29. The molecule has 3 aliphatic rings. The van der Waals surface area contributed by atoms with Crippen LogP contribution in [0.3, 0.4) is 0 Å². The topological polar surface area (TPSA) is 139 Å². The number of hydrogen-bond acceptors (Lipinski definition) is 10. The fraction of sp³-hybridized carbons (Fsp3) is 0.619. The molecule has 5 heterocycles. The van der Waals surface area contributed by atoms with E-state index in [-0.39, 0.29) is 43.0 Å². The van der Waals surface area contributed by atoms with Gasteiger partial charge in [0.05, 0.1) is 36.2 Å². The highest BCUT2D eigenvalue weighted by Crippen LogP contribution is 2.42. The van der Waals surface area contributed by atoms with E-state index in [0.29, 0.717) is 39.0 Å². The number of anilines is 1. The first-order valence-corrected chi connectivity index (χ1v) is 20.1. The summed E-state index contributed by atoms with van der Waals surface area (Å²) >= 11 is 0. The Bertz CT molecular complexity index is 1840. The number of carbonyl (C=O) groups excluding carboxylic acids is 3. The second-order valence-corrected chi connectivity index (χ2v) is 16.4. The first kappa shape index (κ1) is 40.6. The lowest BCUT2D eigenvalue weighted by Gasteiger charge is -2.37. The highest BCUT2D eigenvalue weighted by molar-refractivity contribution is 5.95. The van der Waals surface area contributed by atoms with Gasteiger partial charge in [-0.3, -0.25) is 24.4 Å². The molecule has 1 aromatic carbocycles. The van der Waals surface area contributed by atoms with Gasteiger partial charge in [-0.2, -0.15) is 0 Å². The molecule has 2 fully saturated rings. The molecule has 0 spiro atoms. The first-order valence-electron chi connectivity index (χ1n) is 20.1. The van der Waals surface area contributed by atoms with Gasteiger partial charge < -0.3 is 34.3 Å². The van der Waals surface area contributed by atoms with Gasteiger partial charge in [0.2, 0.25) is 5.91 Å². The lowest BCUT2D eigenvalue weighted by Crippen LogP contribution is -2.62. The van der Waals surface area contributed by atoms with E-state index in [1.54, 1.807) is 14.2 Å². The zero-order valence-electron chi connectivity index (χ0n) is 33.9. The van der Waals surface area contributed by atoms with Gasteiger partial charge >= 0.3 is 5.97 Å². The maximum Gasteiger partial charge on any atom is 0.324 e. The number of nitrogens with one attached hydrogen (secondary N) is 3. The van der Waals surface area contributed by atoms with Crippen molar-refractivity contribution in [1.29, 1.82) is 0 Å². The molecule has 5 atom stereocenters. The van der Waals surface area contributed by atoms with Gasteiger partial charge in [-0.15, -0.1) is 0 Å². The van der Waals surface area contributed by atoms with Crippen molar-refractivity contribution < 1.29 is 28.6 Å². The first-order chi connectivity index (χ1) is 26.3. The predicted molar refractivity (Wildman–Crippen MR) is 213 cm³/mol. The van der Waals surface area contributed by atoms with Gasteiger partial charge in [-0.05, 0) is 88.4 Å². The number of likely N-dealkylation sites (N-methyl/N-ethyl adjacent to an activating group) is 1. The molecular formula is C42H61N7O6. The summed E-state index contributed by atoms with van der Waals surface area (Å²) < 4.78 is 20.7. The van der Waals surface area contributed by atoms with E-state index >= 15 is 0 Å². The lowest BCUT2D eigenvalue weighted by molar-refractivity contribution is -0.155. The fourth-order valence-electron chi connectivity index (χ4n) is 8.46. The SMILES string of the molecule is CCn1c(-c2cccnc2[C@H](C)OC)c2c3cc(ccc31)N1CCCO[C@@H](C[C@H](NC(=O)C(NC)C(C)C)C(=O)N3CCC[C@H](N3)C(=O)OCC(C)(C)C2)C1. The number of nitrogens with zero attached hydrogens (tertiary/aromatic N) is 4. The van der Waals surface area contributed by atoms with Crippen molar-refractivity contribution in [3.8, 4) is 11.3 Å². The maximum atomic E-state index is 14.3. The van der Waals surface area contributed by atoms with Crippen LogP contribution in [0.1, 0.15) is 84.6 Å². The van der Waals surface area contributed by atoms with E-state index < -0.39 is 29.5 Å². The molecule has 2 saturated heterocycles. The van der Waals surface area contributed by atoms with Crippen LogP contribution in [0.25, 0.3) is 22.2 Å². The van der Waals surface area contributed by atoms with Crippen LogP contribution in [-0.4, -0.2) is 104 Å². The molecule has 3 aromatic rings. The number of esters is 1. The highest BCUT2D eigenvalue weighted by atomic mass is 16.5. The molecule has 13 heteroatoms. The van der Waals surface area contributed by atoms with Crippen LogP contribution in [0.4, 0.5) is 5.69 Å². The van der Waals surface area contributed by atoms with Crippen LogP contribution >= 0.6 is 0 Å². The molecule has 300 valence electrons. The molecule has 1 unspecified atom stereocenters. The van der Waals surface area contributed by atoms with Gasteiger partial charge in [0, 0.05) is 80.1 Å². The summed E-state index contributed by atoms with van der Waals surface area (Å²) in [5, 5.41) is 8.81. The highest BCUT2D eigenvalue weighted by Gasteiger charge is 2.38. The van der Waals surface area contributed by atoms with Crippen molar-refractivity contribution in [3.63, 3.8) is 0 Å². The van der Waals surface area contributed by atoms with E-state index in [9.17, 15) is 14.4 Å². The van der Waals surface area contributed by atoms with Crippen LogP contribution < -0.4 is 21.0 Å².